The van der Waals surface area contributed by atoms with Crippen molar-refractivity contribution in [1.82, 2.24) is 20.9 Å². The molecular weight excluding hydrogens is 520 g/mol. The van der Waals surface area contributed by atoms with Gasteiger partial charge in [-0.1, -0.05) is 82.6 Å². The van der Waals surface area contributed by atoms with Crippen molar-refractivity contribution in [2.24, 2.45) is 17.8 Å². The van der Waals surface area contributed by atoms with Crippen LogP contribution >= 0.6 is 0 Å². The van der Waals surface area contributed by atoms with Crippen LogP contribution in [0.25, 0.3) is 10.9 Å². The fourth-order valence-electron chi connectivity index (χ4n) is 5.39. The highest BCUT2D eigenvalue weighted by molar-refractivity contribution is 5.89. The molecule has 1 aromatic heterocycles. The van der Waals surface area contributed by atoms with Gasteiger partial charge in [-0.3, -0.25) is 9.59 Å². The van der Waals surface area contributed by atoms with Crippen LogP contribution in [-0.4, -0.2) is 52.7 Å². The Bertz CT molecular complexity index is 1340. The molecule has 0 spiro atoms. The number of hydrogen-bond donors (Lipinski definition) is 5. The van der Waals surface area contributed by atoms with E-state index in [-0.39, 0.29) is 36.9 Å². The van der Waals surface area contributed by atoms with Crippen molar-refractivity contribution >= 4 is 28.8 Å². The SMILES string of the molecule is CC[C@H](C)[C@H](NC(=O)OCc1ccccc1)C(=O)N[C@@H]1Cc2c([nH]c3ccccc23)CC1C(=O)N[C@H](CO)C(C)C. The molecule has 5 atom stereocenters. The van der Waals surface area contributed by atoms with E-state index in [9.17, 15) is 19.5 Å². The van der Waals surface area contributed by atoms with Gasteiger partial charge < -0.3 is 30.8 Å². The van der Waals surface area contributed by atoms with Gasteiger partial charge in [0.25, 0.3) is 0 Å². The monoisotopic (exact) mass is 562 g/mol. The van der Waals surface area contributed by atoms with Gasteiger partial charge in [-0.15, -0.1) is 0 Å². The van der Waals surface area contributed by atoms with Gasteiger partial charge in [0.2, 0.25) is 11.8 Å². The Balaban J connectivity index is 1.54. The summed E-state index contributed by atoms with van der Waals surface area (Å²) in [7, 11) is 0. The topological polar surface area (TPSA) is 133 Å². The number of H-pyrrole nitrogens is 1. The highest BCUT2D eigenvalue weighted by atomic mass is 16.5. The number of aromatic nitrogens is 1. The Labute approximate surface area is 241 Å². The van der Waals surface area contributed by atoms with Gasteiger partial charge in [0.15, 0.2) is 0 Å². The number of para-hydroxylation sites is 1. The zero-order chi connectivity index (χ0) is 29.5. The number of nitrogens with one attached hydrogen (secondary N) is 4. The third kappa shape index (κ3) is 7.27. The molecule has 1 unspecified atom stereocenters. The number of amides is 3. The number of alkyl carbamates (subject to hydrolysis) is 1. The van der Waals surface area contributed by atoms with E-state index >= 15 is 0 Å². The van der Waals surface area contributed by atoms with E-state index in [0.29, 0.717) is 19.3 Å². The maximum absolute atomic E-state index is 13.7. The molecule has 0 radical (unpaired) electrons. The second-order valence-electron chi connectivity index (χ2n) is 11.4. The number of rotatable bonds is 11. The minimum atomic E-state index is -0.836. The molecule has 1 aliphatic rings. The predicted octanol–water partition coefficient (Wildman–Crippen LogP) is 3.84. The molecule has 1 heterocycles. The van der Waals surface area contributed by atoms with Crippen LogP contribution in [0.1, 0.15) is 50.9 Å². The second kappa shape index (κ2) is 13.7. The van der Waals surface area contributed by atoms with Gasteiger partial charge in [-0.25, -0.2) is 4.79 Å². The van der Waals surface area contributed by atoms with Crippen LogP contribution in [0.3, 0.4) is 0 Å². The summed E-state index contributed by atoms with van der Waals surface area (Å²) in [5.74, 6) is -1.26. The number of carbonyl (C=O) groups is 3. The van der Waals surface area contributed by atoms with Crippen molar-refractivity contribution in [3.8, 4) is 0 Å². The third-order valence-corrected chi connectivity index (χ3v) is 8.21. The molecule has 1 aliphatic carbocycles. The number of aromatic amines is 1. The molecule has 5 N–H and O–H groups in total. The third-order valence-electron chi connectivity index (χ3n) is 8.21. The highest BCUT2D eigenvalue weighted by Crippen LogP contribution is 2.32. The summed E-state index contributed by atoms with van der Waals surface area (Å²) in [6.07, 6.45) is 0.858. The fourth-order valence-corrected chi connectivity index (χ4v) is 5.39. The van der Waals surface area contributed by atoms with E-state index in [2.05, 4.69) is 20.9 Å². The molecule has 4 rings (SSSR count). The van der Waals surface area contributed by atoms with Crippen LogP contribution in [-0.2, 0) is 33.8 Å². The molecule has 220 valence electrons. The van der Waals surface area contributed by atoms with Crippen molar-refractivity contribution < 1.29 is 24.2 Å². The van der Waals surface area contributed by atoms with E-state index in [4.69, 9.17) is 4.74 Å². The Morgan fingerprint density at radius 2 is 1.71 bits per heavy atom. The second-order valence-corrected chi connectivity index (χ2v) is 11.4. The van der Waals surface area contributed by atoms with Crippen LogP contribution in [0.2, 0.25) is 0 Å². The molecule has 41 heavy (non-hydrogen) atoms. The van der Waals surface area contributed by atoms with Crippen LogP contribution < -0.4 is 16.0 Å². The minimum Gasteiger partial charge on any atom is -0.445 e. The lowest BCUT2D eigenvalue weighted by atomic mass is 9.81. The van der Waals surface area contributed by atoms with Gasteiger partial charge in [-0.05, 0) is 35.4 Å². The first-order chi connectivity index (χ1) is 19.7. The molecule has 0 bridgehead atoms. The summed E-state index contributed by atoms with van der Waals surface area (Å²) in [6.45, 7) is 7.66. The van der Waals surface area contributed by atoms with Crippen molar-refractivity contribution in [2.45, 2.75) is 71.7 Å². The molecule has 3 aromatic rings. The Morgan fingerprint density at radius 1 is 1.00 bits per heavy atom. The maximum atomic E-state index is 13.7. The number of fused-ring (bicyclic) bond motifs is 3. The lowest BCUT2D eigenvalue weighted by molar-refractivity contribution is -0.129. The zero-order valence-electron chi connectivity index (χ0n) is 24.3. The summed E-state index contributed by atoms with van der Waals surface area (Å²) in [6, 6.07) is 15.6. The van der Waals surface area contributed by atoms with Crippen LogP contribution in [0, 0.1) is 17.8 Å². The number of carbonyl (C=O) groups excluding carboxylic acids is 3. The first-order valence-electron chi connectivity index (χ1n) is 14.5. The number of ether oxygens (including phenoxy) is 1. The molecule has 9 heteroatoms. The van der Waals surface area contributed by atoms with Gasteiger partial charge >= 0.3 is 6.09 Å². The molecular formula is C32H42N4O5. The molecule has 2 aromatic carbocycles. The summed E-state index contributed by atoms with van der Waals surface area (Å²) < 4.78 is 5.39. The van der Waals surface area contributed by atoms with Gasteiger partial charge in [0.05, 0.1) is 18.6 Å². The lowest BCUT2D eigenvalue weighted by Gasteiger charge is -2.34. The van der Waals surface area contributed by atoms with Crippen molar-refractivity contribution in [3.63, 3.8) is 0 Å². The average molecular weight is 563 g/mol. The Hall–Kier alpha value is -3.85. The molecule has 3 amide bonds. The van der Waals surface area contributed by atoms with Gasteiger partial charge in [0.1, 0.15) is 12.6 Å². The van der Waals surface area contributed by atoms with E-state index in [1.807, 2.05) is 82.3 Å². The predicted molar refractivity (Wildman–Crippen MR) is 158 cm³/mol. The van der Waals surface area contributed by atoms with E-state index in [1.165, 1.54) is 0 Å². The largest absolute Gasteiger partial charge is 0.445 e. The summed E-state index contributed by atoms with van der Waals surface area (Å²) >= 11 is 0. The number of benzene rings is 2. The van der Waals surface area contributed by atoms with E-state index < -0.39 is 30.1 Å². The molecule has 0 aliphatic heterocycles. The molecule has 0 saturated heterocycles. The summed E-state index contributed by atoms with van der Waals surface area (Å²) in [4.78, 5) is 43.5. The minimum absolute atomic E-state index is 0.0464. The summed E-state index contributed by atoms with van der Waals surface area (Å²) in [5.41, 5.74) is 3.88. The molecule has 0 fully saturated rings. The average Bonchev–Trinajstić information content (AvgIpc) is 3.34. The smallest absolute Gasteiger partial charge is 0.408 e. The quantitative estimate of drug-likeness (QED) is 0.242. The number of aliphatic hydroxyl groups is 1. The standard InChI is InChI=1S/C32H42N4O5/c1-5-20(4)29(36-32(40)41-18-21-11-7-6-8-12-21)31(39)34-27-15-23-22-13-9-10-14-25(22)33-26(23)16-24(27)30(38)35-28(17-37)19(2)3/h6-14,19-20,24,27-29,33,37H,5,15-18H2,1-4H3,(H,34,39)(H,35,38)(H,36,40)/t20-,24?,27+,28+,29-/m0/s1. The van der Waals surface area contributed by atoms with Crippen LogP contribution in [0.4, 0.5) is 4.79 Å². The van der Waals surface area contributed by atoms with Gasteiger partial charge in [-0.2, -0.15) is 0 Å². The zero-order valence-corrected chi connectivity index (χ0v) is 24.3. The lowest BCUT2D eigenvalue weighted by Crippen LogP contribution is -2.58. The Kier molecular flexibility index (Phi) is 10.0. The first-order valence-corrected chi connectivity index (χ1v) is 14.5. The summed E-state index contributed by atoms with van der Waals surface area (Å²) in [5, 5.41) is 19.8. The van der Waals surface area contributed by atoms with Gasteiger partial charge in [0, 0.05) is 29.1 Å². The number of hydrogen-bond acceptors (Lipinski definition) is 5. The van der Waals surface area contributed by atoms with Crippen molar-refractivity contribution in [1.29, 1.82) is 0 Å². The first kappa shape index (κ1) is 30.1. The highest BCUT2D eigenvalue weighted by Gasteiger charge is 2.39. The van der Waals surface area contributed by atoms with E-state index in [1.54, 1.807) is 0 Å². The normalized spacial score (nSPS) is 18.7. The Morgan fingerprint density at radius 3 is 2.39 bits per heavy atom. The fraction of sp³-hybridized carbons (Fsp3) is 0.469. The molecule has 9 nitrogen and oxygen atoms in total. The van der Waals surface area contributed by atoms with Crippen LogP contribution in [0.15, 0.2) is 54.6 Å². The van der Waals surface area contributed by atoms with E-state index in [0.717, 1.165) is 27.7 Å². The maximum Gasteiger partial charge on any atom is 0.408 e. The van der Waals surface area contributed by atoms with Crippen molar-refractivity contribution in [2.75, 3.05) is 6.61 Å². The number of aliphatic hydroxyl groups excluding tert-OH is 1. The van der Waals surface area contributed by atoms with Crippen LogP contribution in [0.5, 0.6) is 0 Å². The molecule has 0 saturated carbocycles. The van der Waals surface area contributed by atoms with Crippen molar-refractivity contribution in [3.05, 3.63) is 71.4 Å².